The van der Waals surface area contributed by atoms with Crippen LogP contribution in [0.2, 0.25) is 0 Å². The van der Waals surface area contributed by atoms with Crippen molar-refractivity contribution in [1.82, 2.24) is 0 Å². The molecule has 0 aliphatic carbocycles. The number of hydrogen-bond donors (Lipinski definition) is 2. The number of anilines is 1. The van der Waals surface area contributed by atoms with Gasteiger partial charge in [-0.05, 0) is 28.1 Å². The van der Waals surface area contributed by atoms with Crippen molar-refractivity contribution in [1.29, 1.82) is 0 Å². The summed E-state index contributed by atoms with van der Waals surface area (Å²) >= 11 is 4.15. The summed E-state index contributed by atoms with van der Waals surface area (Å²) in [5, 5.41) is 8.89. The Morgan fingerprint density at radius 2 is 2.18 bits per heavy atom. The van der Waals surface area contributed by atoms with Gasteiger partial charge in [0.15, 0.2) is 0 Å². The van der Waals surface area contributed by atoms with Crippen molar-refractivity contribution in [3.8, 4) is 10.4 Å². The van der Waals surface area contributed by atoms with Crippen molar-refractivity contribution in [3.63, 3.8) is 0 Å². The summed E-state index contributed by atoms with van der Waals surface area (Å²) in [4.78, 5) is 11.5. The van der Waals surface area contributed by atoms with Crippen LogP contribution in [-0.4, -0.2) is 11.1 Å². The predicted octanol–water partition coefficient (Wildman–Crippen LogP) is 3.60. The minimum atomic E-state index is -1.08. The van der Waals surface area contributed by atoms with E-state index in [4.69, 9.17) is 10.8 Å². The molecular formula is C11H7BrFNO2S. The lowest BCUT2D eigenvalue weighted by Crippen LogP contribution is -1.96. The lowest BCUT2D eigenvalue weighted by molar-refractivity contribution is 0.0703. The Labute approximate surface area is 109 Å². The zero-order valence-electron chi connectivity index (χ0n) is 8.41. The summed E-state index contributed by atoms with van der Waals surface area (Å²) in [5.41, 5.74) is 6.37. The maximum atomic E-state index is 13.3. The maximum absolute atomic E-state index is 13.3. The number of carbonyl (C=O) groups is 1. The summed E-state index contributed by atoms with van der Waals surface area (Å²) in [6.07, 6.45) is 0. The van der Waals surface area contributed by atoms with E-state index in [-0.39, 0.29) is 10.6 Å². The first-order chi connectivity index (χ1) is 8.00. The zero-order chi connectivity index (χ0) is 12.6. The van der Waals surface area contributed by atoms with Gasteiger partial charge in [0.2, 0.25) is 0 Å². The van der Waals surface area contributed by atoms with Gasteiger partial charge in [-0.15, -0.1) is 11.3 Å². The number of thiophene rings is 1. The van der Waals surface area contributed by atoms with Crippen LogP contribution < -0.4 is 5.73 Å². The van der Waals surface area contributed by atoms with E-state index in [0.29, 0.717) is 14.9 Å². The molecule has 0 spiro atoms. The van der Waals surface area contributed by atoms with E-state index in [1.807, 2.05) is 0 Å². The lowest BCUT2D eigenvalue weighted by Gasteiger charge is -2.01. The molecule has 0 aliphatic heterocycles. The normalized spacial score (nSPS) is 10.5. The van der Waals surface area contributed by atoms with E-state index in [9.17, 15) is 9.18 Å². The highest BCUT2D eigenvalue weighted by atomic mass is 79.9. The number of nitrogens with two attached hydrogens (primary N) is 1. The lowest BCUT2D eigenvalue weighted by atomic mass is 10.2. The Balaban J connectivity index is 2.58. The number of aromatic carboxylic acids is 1. The summed E-state index contributed by atoms with van der Waals surface area (Å²) in [7, 11) is 0. The van der Waals surface area contributed by atoms with Gasteiger partial charge in [-0.2, -0.15) is 0 Å². The molecule has 0 radical (unpaired) electrons. The molecule has 0 amide bonds. The van der Waals surface area contributed by atoms with E-state index < -0.39 is 11.8 Å². The van der Waals surface area contributed by atoms with Crippen molar-refractivity contribution < 1.29 is 14.3 Å². The molecule has 2 aromatic rings. The number of hydrogen-bond acceptors (Lipinski definition) is 3. The molecule has 0 saturated carbocycles. The van der Waals surface area contributed by atoms with Gasteiger partial charge < -0.3 is 10.8 Å². The molecule has 0 saturated heterocycles. The fourth-order valence-electron chi connectivity index (χ4n) is 1.40. The summed E-state index contributed by atoms with van der Waals surface area (Å²) in [6, 6.07) is 6.12. The molecular weight excluding hydrogens is 309 g/mol. The molecule has 0 aliphatic rings. The number of benzene rings is 1. The van der Waals surface area contributed by atoms with Crippen molar-refractivity contribution >= 4 is 38.9 Å². The second-order valence-electron chi connectivity index (χ2n) is 3.30. The molecule has 0 atom stereocenters. The number of rotatable bonds is 2. The standard InChI is InChI=1S/C11H7BrFNO2S/c12-9-5(2-1-3-6(9)13)8-4-7(14)10(17-8)11(15)16/h1-4H,14H2,(H,15,16). The third-order valence-electron chi connectivity index (χ3n) is 2.17. The van der Waals surface area contributed by atoms with Crippen LogP contribution >= 0.6 is 27.3 Å². The third-order valence-corrected chi connectivity index (χ3v) is 4.15. The molecule has 3 nitrogen and oxygen atoms in total. The van der Waals surface area contributed by atoms with Gasteiger partial charge in [-0.1, -0.05) is 12.1 Å². The largest absolute Gasteiger partial charge is 0.477 e. The fourth-order valence-corrected chi connectivity index (χ4v) is 2.96. The average Bonchev–Trinajstić information content (AvgIpc) is 2.64. The predicted molar refractivity (Wildman–Crippen MR) is 68.8 cm³/mol. The molecule has 1 aromatic heterocycles. The highest BCUT2D eigenvalue weighted by Gasteiger charge is 2.16. The van der Waals surface area contributed by atoms with E-state index >= 15 is 0 Å². The molecule has 0 unspecified atom stereocenters. The highest BCUT2D eigenvalue weighted by molar-refractivity contribution is 9.10. The molecule has 2 rings (SSSR count). The van der Waals surface area contributed by atoms with Crippen molar-refractivity contribution in [2.75, 3.05) is 5.73 Å². The first-order valence-electron chi connectivity index (χ1n) is 4.57. The summed E-state index contributed by atoms with van der Waals surface area (Å²) in [6.45, 7) is 0. The minimum Gasteiger partial charge on any atom is -0.477 e. The number of halogens is 2. The first-order valence-corrected chi connectivity index (χ1v) is 6.18. The molecule has 6 heteroatoms. The summed E-state index contributed by atoms with van der Waals surface area (Å²) in [5.74, 6) is -1.47. The molecule has 0 fully saturated rings. The highest BCUT2D eigenvalue weighted by Crippen LogP contribution is 2.37. The Bertz CT molecular complexity index is 597. The van der Waals surface area contributed by atoms with Crippen LogP contribution in [0.3, 0.4) is 0 Å². The smallest absolute Gasteiger partial charge is 0.348 e. The Hall–Kier alpha value is -1.40. The molecule has 1 aromatic carbocycles. The van der Waals surface area contributed by atoms with Crippen molar-refractivity contribution in [3.05, 3.63) is 39.4 Å². The van der Waals surface area contributed by atoms with Gasteiger partial charge in [0.25, 0.3) is 0 Å². The van der Waals surface area contributed by atoms with Crippen LogP contribution in [0.5, 0.6) is 0 Å². The molecule has 17 heavy (non-hydrogen) atoms. The molecule has 0 bridgehead atoms. The van der Waals surface area contributed by atoms with Crippen molar-refractivity contribution in [2.24, 2.45) is 0 Å². The molecule has 3 N–H and O–H groups in total. The second kappa shape index (κ2) is 4.46. The SMILES string of the molecule is Nc1cc(-c2cccc(F)c2Br)sc1C(=O)O. The van der Waals surface area contributed by atoms with Gasteiger partial charge in [0.1, 0.15) is 10.7 Å². The van der Waals surface area contributed by atoms with Crippen LogP contribution in [0.1, 0.15) is 9.67 Å². The number of carboxylic acids is 1. The monoisotopic (exact) mass is 315 g/mol. The van der Waals surface area contributed by atoms with E-state index in [0.717, 1.165) is 11.3 Å². The van der Waals surface area contributed by atoms with Crippen LogP contribution in [0.15, 0.2) is 28.7 Å². The van der Waals surface area contributed by atoms with E-state index in [1.54, 1.807) is 12.1 Å². The Kier molecular flexibility index (Phi) is 3.17. The van der Waals surface area contributed by atoms with Gasteiger partial charge >= 0.3 is 5.97 Å². The number of nitrogen functional groups attached to an aromatic ring is 1. The van der Waals surface area contributed by atoms with Gasteiger partial charge in [0.05, 0.1) is 10.2 Å². The van der Waals surface area contributed by atoms with Gasteiger partial charge in [-0.25, -0.2) is 9.18 Å². The average molecular weight is 316 g/mol. The maximum Gasteiger partial charge on any atom is 0.348 e. The van der Waals surface area contributed by atoms with Crippen LogP contribution in [-0.2, 0) is 0 Å². The fraction of sp³-hybridized carbons (Fsp3) is 0. The third kappa shape index (κ3) is 2.18. The van der Waals surface area contributed by atoms with E-state index in [1.165, 1.54) is 12.1 Å². The van der Waals surface area contributed by atoms with Gasteiger partial charge in [-0.3, -0.25) is 0 Å². The van der Waals surface area contributed by atoms with Crippen LogP contribution in [0, 0.1) is 5.82 Å². The number of carboxylic acid groups (broad SMARTS) is 1. The molecule has 1 heterocycles. The second-order valence-corrected chi connectivity index (χ2v) is 5.15. The Morgan fingerprint density at radius 1 is 1.47 bits per heavy atom. The topological polar surface area (TPSA) is 63.3 Å². The minimum absolute atomic E-state index is 0.0659. The quantitative estimate of drug-likeness (QED) is 0.890. The summed E-state index contributed by atoms with van der Waals surface area (Å²) < 4.78 is 13.6. The zero-order valence-corrected chi connectivity index (χ0v) is 10.8. The van der Waals surface area contributed by atoms with Crippen molar-refractivity contribution in [2.45, 2.75) is 0 Å². The van der Waals surface area contributed by atoms with E-state index in [2.05, 4.69) is 15.9 Å². The van der Waals surface area contributed by atoms with Gasteiger partial charge in [0, 0.05) is 10.4 Å². The van der Waals surface area contributed by atoms with Crippen LogP contribution in [0.25, 0.3) is 10.4 Å². The first kappa shape index (κ1) is 12.1. The molecule has 88 valence electrons. The Morgan fingerprint density at radius 3 is 2.76 bits per heavy atom. The van der Waals surface area contributed by atoms with Crippen LogP contribution in [0.4, 0.5) is 10.1 Å².